The standard InChI is InChI=1S/C11H20N2S/c1-4-5-6-7-10(12-3)11-13-9(2)8-14-11/h8,10,12H,4-7H2,1-3H3. The van der Waals surface area contributed by atoms with Crippen molar-refractivity contribution in [1.82, 2.24) is 10.3 Å². The van der Waals surface area contributed by atoms with Crippen LogP contribution in [0.4, 0.5) is 0 Å². The molecule has 2 nitrogen and oxygen atoms in total. The summed E-state index contributed by atoms with van der Waals surface area (Å²) in [7, 11) is 2.02. The molecule has 0 aliphatic heterocycles. The first-order valence-corrected chi connectivity index (χ1v) is 6.25. The fourth-order valence-corrected chi connectivity index (χ4v) is 2.46. The quantitative estimate of drug-likeness (QED) is 0.732. The monoisotopic (exact) mass is 212 g/mol. The van der Waals surface area contributed by atoms with E-state index in [4.69, 9.17) is 0 Å². The predicted octanol–water partition coefficient (Wildman–Crippen LogP) is 3.29. The second-order valence-corrected chi connectivity index (χ2v) is 4.55. The van der Waals surface area contributed by atoms with Gasteiger partial charge in [-0.2, -0.15) is 0 Å². The highest BCUT2D eigenvalue weighted by Gasteiger charge is 2.11. The minimum atomic E-state index is 0.459. The van der Waals surface area contributed by atoms with Crippen LogP contribution in [0.2, 0.25) is 0 Å². The van der Waals surface area contributed by atoms with E-state index in [1.807, 2.05) is 7.05 Å². The molecule has 1 aromatic rings. The average molecular weight is 212 g/mol. The van der Waals surface area contributed by atoms with Crippen molar-refractivity contribution >= 4 is 11.3 Å². The molecule has 0 bridgehead atoms. The summed E-state index contributed by atoms with van der Waals surface area (Å²) in [5.41, 5.74) is 1.14. The zero-order chi connectivity index (χ0) is 10.4. The summed E-state index contributed by atoms with van der Waals surface area (Å²) in [6, 6.07) is 0.459. The molecule has 14 heavy (non-hydrogen) atoms. The highest BCUT2D eigenvalue weighted by Crippen LogP contribution is 2.22. The van der Waals surface area contributed by atoms with Gasteiger partial charge in [0.15, 0.2) is 0 Å². The van der Waals surface area contributed by atoms with Crippen molar-refractivity contribution in [3.8, 4) is 0 Å². The van der Waals surface area contributed by atoms with Crippen LogP contribution in [0.5, 0.6) is 0 Å². The Kier molecular flexibility index (Phi) is 5.12. The molecule has 0 aromatic carbocycles. The molecule has 0 aliphatic carbocycles. The molecule has 0 aliphatic rings. The first kappa shape index (κ1) is 11.7. The zero-order valence-electron chi connectivity index (χ0n) is 9.34. The lowest BCUT2D eigenvalue weighted by Crippen LogP contribution is -2.16. The maximum atomic E-state index is 4.52. The Morgan fingerprint density at radius 1 is 1.50 bits per heavy atom. The number of hydrogen-bond donors (Lipinski definition) is 1. The number of aryl methyl sites for hydroxylation is 1. The highest BCUT2D eigenvalue weighted by atomic mass is 32.1. The van der Waals surface area contributed by atoms with E-state index in [0.29, 0.717) is 6.04 Å². The van der Waals surface area contributed by atoms with Crippen molar-refractivity contribution < 1.29 is 0 Å². The van der Waals surface area contributed by atoms with Crippen LogP contribution >= 0.6 is 11.3 Å². The molecule has 1 N–H and O–H groups in total. The summed E-state index contributed by atoms with van der Waals surface area (Å²) >= 11 is 1.77. The van der Waals surface area contributed by atoms with Crippen molar-refractivity contribution in [2.75, 3.05) is 7.05 Å². The molecule has 3 heteroatoms. The smallest absolute Gasteiger partial charge is 0.110 e. The lowest BCUT2D eigenvalue weighted by molar-refractivity contribution is 0.509. The number of unbranched alkanes of at least 4 members (excludes halogenated alkanes) is 2. The Morgan fingerprint density at radius 3 is 2.79 bits per heavy atom. The molecular weight excluding hydrogens is 192 g/mol. The highest BCUT2D eigenvalue weighted by molar-refractivity contribution is 7.09. The number of thiazole rings is 1. The second kappa shape index (κ2) is 6.14. The molecular formula is C11H20N2S. The van der Waals surface area contributed by atoms with Gasteiger partial charge in [0.2, 0.25) is 0 Å². The summed E-state index contributed by atoms with van der Waals surface area (Å²) in [5.74, 6) is 0. The van der Waals surface area contributed by atoms with Crippen molar-refractivity contribution in [3.05, 3.63) is 16.1 Å². The Balaban J connectivity index is 2.45. The van der Waals surface area contributed by atoms with Crippen LogP contribution in [0.15, 0.2) is 5.38 Å². The van der Waals surface area contributed by atoms with E-state index in [9.17, 15) is 0 Å². The summed E-state index contributed by atoms with van der Waals surface area (Å²) < 4.78 is 0. The van der Waals surface area contributed by atoms with Gasteiger partial charge in [-0.3, -0.25) is 0 Å². The van der Waals surface area contributed by atoms with Gasteiger partial charge < -0.3 is 5.32 Å². The lowest BCUT2D eigenvalue weighted by atomic mass is 10.1. The Morgan fingerprint density at radius 2 is 2.29 bits per heavy atom. The Hall–Kier alpha value is -0.410. The maximum Gasteiger partial charge on any atom is 0.110 e. The van der Waals surface area contributed by atoms with Gasteiger partial charge in [0.25, 0.3) is 0 Å². The first-order chi connectivity index (χ1) is 6.77. The normalized spacial score (nSPS) is 13.1. The summed E-state index contributed by atoms with van der Waals surface area (Å²) in [4.78, 5) is 4.52. The van der Waals surface area contributed by atoms with Crippen LogP contribution in [-0.4, -0.2) is 12.0 Å². The molecule has 0 saturated carbocycles. The average Bonchev–Trinajstić information content (AvgIpc) is 2.60. The molecule has 1 aromatic heterocycles. The van der Waals surface area contributed by atoms with Gasteiger partial charge in [-0.15, -0.1) is 11.3 Å². The molecule has 0 amide bonds. The first-order valence-electron chi connectivity index (χ1n) is 5.37. The SMILES string of the molecule is CCCCCC(NC)c1nc(C)cs1. The lowest BCUT2D eigenvalue weighted by Gasteiger charge is -2.12. The van der Waals surface area contributed by atoms with E-state index in [1.54, 1.807) is 11.3 Å². The van der Waals surface area contributed by atoms with Crippen LogP contribution in [0.25, 0.3) is 0 Å². The number of hydrogen-bond acceptors (Lipinski definition) is 3. The third-order valence-electron chi connectivity index (χ3n) is 2.38. The topological polar surface area (TPSA) is 24.9 Å². The molecule has 1 unspecified atom stereocenters. The van der Waals surface area contributed by atoms with Crippen molar-refractivity contribution in [1.29, 1.82) is 0 Å². The van der Waals surface area contributed by atoms with Crippen molar-refractivity contribution in [2.45, 2.75) is 45.6 Å². The van der Waals surface area contributed by atoms with E-state index < -0.39 is 0 Å². The van der Waals surface area contributed by atoms with Gasteiger partial charge in [-0.25, -0.2) is 4.98 Å². The van der Waals surface area contributed by atoms with Crippen LogP contribution in [-0.2, 0) is 0 Å². The van der Waals surface area contributed by atoms with E-state index in [0.717, 1.165) is 5.69 Å². The van der Waals surface area contributed by atoms with Gasteiger partial charge >= 0.3 is 0 Å². The van der Waals surface area contributed by atoms with Crippen LogP contribution in [0.3, 0.4) is 0 Å². The second-order valence-electron chi connectivity index (χ2n) is 3.66. The number of rotatable bonds is 6. The molecule has 0 radical (unpaired) electrons. The number of aromatic nitrogens is 1. The van der Waals surface area contributed by atoms with Crippen LogP contribution < -0.4 is 5.32 Å². The number of nitrogens with one attached hydrogen (secondary N) is 1. The van der Waals surface area contributed by atoms with Gasteiger partial charge in [-0.1, -0.05) is 26.2 Å². The molecule has 1 rings (SSSR count). The minimum absolute atomic E-state index is 0.459. The van der Waals surface area contributed by atoms with Gasteiger partial charge in [0.1, 0.15) is 5.01 Å². The zero-order valence-corrected chi connectivity index (χ0v) is 10.2. The van der Waals surface area contributed by atoms with Gasteiger partial charge in [-0.05, 0) is 20.4 Å². The largest absolute Gasteiger partial charge is 0.311 e. The van der Waals surface area contributed by atoms with Crippen molar-refractivity contribution in [3.63, 3.8) is 0 Å². The van der Waals surface area contributed by atoms with Gasteiger partial charge in [0.05, 0.1) is 6.04 Å². The van der Waals surface area contributed by atoms with Crippen LogP contribution in [0, 0.1) is 6.92 Å². The maximum absolute atomic E-state index is 4.52. The van der Waals surface area contributed by atoms with E-state index >= 15 is 0 Å². The molecule has 0 fully saturated rings. The van der Waals surface area contributed by atoms with E-state index in [2.05, 4.69) is 29.5 Å². The van der Waals surface area contributed by atoms with Crippen molar-refractivity contribution in [2.24, 2.45) is 0 Å². The third-order valence-corrected chi connectivity index (χ3v) is 3.46. The van der Waals surface area contributed by atoms with Gasteiger partial charge in [0, 0.05) is 11.1 Å². The molecule has 1 atom stereocenters. The summed E-state index contributed by atoms with van der Waals surface area (Å²) in [5, 5.41) is 6.70. The van der Waals surface area contributed by atoms with E-state index in [-0.39, 0.29) is 0 Å². The molecule has 0 saturated heterocycles. The fourth-order valence-electron chi connectivity index (χ4n) is 1.52. The molecule has 1 heterocycles. The summed E-state index contributed by atoms with van der Waals surface area (Å²) in [6.07, 6.45) is 5.10. The predicted molar refractivity (Wildman–Crippen MR) is 62.8 cm³/mol. The minimum Gasteiger partial charge on any atom is -0.311 e. The Bertz CT molecular complexity index is 258. The third kappa shape index (κ3) is 3.39. The number of nitrogens with zero attached hydrogens (tertiary/aromatic N) is 1. The van der Waals surface area contributed by atoms with E-state index in [1.165, 1.54) is 30.7 Å². The fraction of sp³-hybridized carbons (Fsp3) is 0.727. The van der Waals surface area contributed by atoms with Crippen LogP contribution in [0.1, 0.15) is 49.4 Å². The molecule has 80 valence electrons. The summed E-state index contributed by atoms with van der Waals surface area (Å²) in [6.45, 7) is 4.29. The Labute approximate surface area is 90.8 Å². The molecule has 0 spiro atoms.